The lowest BCUT2D eigenvalue weighted by Crippen LogP contribution is -2.16. The average Bonchev–Trinajstić information content (AvgIpc) is 2.66. The third-order valence-electron chi connectivity index (χ3n) is 3.60. The van der Waals surface area contributed by atoms with Gasteiger partial charge in [0.2, 0.25) is 0 Å². The lowest BCUT2D eigenvalue weighted by atomic mass is 10.1. The molecule has 0 atom stereocenters. The Morgan fingerprint density at radius 2 is 1.54 bits per heavy atom. The standard InChI is InChI=1S/C20H23NO4S/c1-21(2)20(22)26-19-17(24-4)12-15(13-18(19)25-5)10-9-14-7-6-8-16(11-14)23-3/h6-13H,1-5H3/b10-9-. The van der Waals surface area contributed by atoms with Crippen LogP contribution in [0.3, 0.4) is 0 Å². The van der Waals surface area contributed by atoms with Gasteiger partial charge >= 0.3 is 0 Å². The molecule has 0 saturated heterocycles. The van der Waals surface area contributed by atoms with Gasteiger partial charge in [-0.1, -0.05) is 24.3 Å². The van der Waals surface area contributed by atoms with Gasteiger partial charge in [0.15, 0.2) is 0 Å². The van der Waals surface area contributed by atoms with Gasteiger partial charge in [0.1, 0.15) is 22.1 Å². The molecule has 0 bridgehead atoms. The van der Waals surface area contributed by atoms with Crippen molar-refractivity contribution in [2.24, 2.45) is 0 Å². The van der Waals surface area contributed by atoms with Crippen molar-refractivity contribution in [3.8, 4) is 17.2 Å². The van der Waals surface area contributed by atoms with E-state index in [4.69, 9.17) is 14.2 Å². The molecule has 0 aliphatic carbocycles. The largest absolute Gasteiger partial charge is 0.497 e. The van der Waals surface area contributed by atoms with Crippen LogP contribution in [-0.2, 0) is 0 Å². The van der Waals surface area contributed by atoms with Crippen molar-refractivity contribution in [3.05, 3.63) is 47.5 Å². The van der Waals surface area contributed by atoms with Crippen LogP contribution < -0.4 is 14.2 Å². The molecule has 5 nitrogen and oxygen atoms in total. The first kappa shape index (κ1) is 19.7. The Labute approximate surface area is 158 Å². The molecule has 0 unspecified atom stereocenters. The molecule has 0 fully saturated rings. The molecule has 0 radical (unpaired) electrons. The van der Waals surface area contributed by atoms with Gasteiger partial charge in [0.25, 0.3) is 5.24 Å². The molecule has 0 heterocycles. The van der Waals surface area contributed by atoms with Gasteiger partial charge in [0.05, 0.1) is 21.3 Å². The summed E-state index contributed by atoms with van der Waals surface area (Å²) in [6.45, 7) is 0. The normalized spacial score (nSPS) is 10.7. The van der Waals surface area contributed by atoms with Crippen LogP contribution >= 0.6 is 11.8 Å². The number of rotatable bonds is 6. The number of carbonyl (C=O) groups is 1. The highest BCUT2D eigenvalue weighted by Gasteiger charge is 2.17. The fourth-order valence-electron chi connectivity index (χ4n) is 2.21. The van der Waals surface area contributed by atoms with Crippen LogP contribution in [0.2, 0.25) is 0 Å². The van der Waals surface area contributed by atoms with Crippen molar-refractivity contribution in [1.82, 2.24) is 4.90 Å². The minimum atomic E-state index is -0.0960. The third kappa shape index (κ3) is 4.95. The van der Waals surface area contributed by atoms with Gasteiger partial charge in [-0.3, -0.25) is 4.79 Å². The molecule has 0 aromatic heterocycles. The van der Waals surface area contributed by atoms with Crippen LogP contribution in [0.4, 0.5) is 4.79 Å². The predicted octanol–water partition coefficient (Wildman–Crippen LogP) is 4.66. The second-order valence-corrected chi connectivity index (χ2v) is 6.59. The average molecular weight is 373 g/mol. The monoisotopic (exact) mass is 373 g/mol. The maximum atomic E-state index is 12.1. The van der Waals surface area contributed by atoms with E-state index >= 15 is 0 Å². The first-order valence-electron chi connectivity index (χ1n) is 7.95. The molecule has 0 spiro atoms. The zero-order valence-corrected chi connectivity index (χ0v) is 16.4. The summed E-state index contributed by atoms with van der Waals surface area (Å²) in [6, 6.07) is 11.5. The molecule has 0 aliphatic rings. The summed E-state index contributed by atoms with van der Waals surface area (Å²) >= 11 is 1.08. The van der Waals surface area contributed by atoms with Crippen LogP contribution in [0.1, 0.15) is 11.1 Å². The molecule has 0 N–H and O–H groups in total. The minimum Gasteiger partial charge on any atom is -0.497 e. The lowest BCUT2D eigenvalue weighted by molar-refractivity contribution is 0.241. The van der Waals surface area contributed by atoms with Gasteiger partial charge in [0, 0.05) is 14.1 Å². The SMILES string of the molecule is COc1cccc(/C=C\c2cc(OC)c(SC(=O)N(C)C)c(OC)c2)c1. The summed E-state index contributed by atoms with van der Waals surface area (Å²) in [7, 11) is 8.21. The smallest absolute Gasteiger partial charge is 0.286 e. The lowest BCUT2D eigenvalue weighted by Gasteiger charge is -2.15. The van der Waals surface area contributed by atoms with Crippen LogP contribution in [0.5, 0.6) is 17.2 Å². The van der Waals surface area contributed by atoms with Crippen LogP contribution in [0.15, 0.2) is 41.3 Å². The number of amides is 1. The second kappa shape index (κ2) is 9.20. The van der Waals surface area contributed by atoms with E-state index in [9.17, 15) is 4.79 Å². The van der Waals surface area contributed by atoms with Crippen LogP contribution in [-0.4, -0.2) is 45.6 Å². The topological polar surface area (TPSA) is 48.0 Å². The maximum Gasteiger partial charge on any atom is 0.286 e. The molecule has 2 aromatic carbocycles. The number of thioether (sulfide) groups is 1. The number of hydrogen-bond acceptors (Lipinski definition) is 5. The second-order valence-electron chi connectivity index (χ2n) is 5.63. The number of hydrogen-bond donors (Lipinski definition) is 0. The first-order valence-corrected chi connectivity index (χ1v) is 8.77. The molecule has 2 aromatic rings. The number of ether oxygens (including phenoxy) is 3. The summed E-state index contributed by atoms with van der Waals surface area (Å²) in [4.78, 5) is 14.2. The molecular formula is C20H23NO4S. The maximum absolute atomic E-state index is 12.1. The zero-order chi connectivity index (χ0) is 19.1. The van der Waals surface area contributed by atoms with E-state index in [2.05, 4.69) is 0 Å². The highest BCUT2D eigenvalue weighted by Crippen LogP contribution is 2.40. The van der Waals surface area contributed by atoms with Crippen molar-refractivity contribution >= 4 is 29.2 Å². The fraction of sp³-hybridized carbons (Fsp3) is 0.250. The summed E-state index contributed by atoms with van der Waals surface area (Å²) in [6.07, 6.45) is 3.94. The molecule has 0 saturated carbocycles. The highest BCUT2D eigenvalue weighted by atomic mass is 32.2. The van der Waals surface area contributed by atoms with E-state index in [0.29, 0.717) is 16.4 Å². The Kier molecular flexibility index (Phi) is 6.97. The van der Waals surface area contributed by atoms with E-state index in [1.54, 1.807) is 35.4 Å². The number of nitrogens with zero attached hydrogens (tertiary/aromatic N) is 1. The molecule has 138 valence electrons. The number of benzene rings is 2. The Morgan fingerprint density at radius 1 is 0.923 bits per heavy atom. The van der Waals surface area contributed by atoms with Crippen molar-refractivity contribution in [2.75, 3.05) is 35.4 Å². The van der Waals surface area contributed by atoms with E-state index in [-0.39, 0.29) is 5.24 Å². The van der Waals surface area contributed by atoms with Gasteiger partial charge in [-0.25, -0.2) is 0 Å². The van der Waals surface area contributed by atoms with E-state index in [0.717, 1.165) is 28.6 Å². The predicted molar refractivity (Wildman–Crippen MR) is 106 cm³/mol. The highest BCUT2D eigenvalue weighted by molar-refractivity contribution is 8.13. The number of carbonyl (C=O) groups excluding carboxylic acids is 1. The van der Waals surface area contributed by atoms with Gasteiger partial charge in [-0.15, -0.1) is 0 Å². The Bertz CT molecular complexity index is 777. The fourth-order valence-corrected chi connectivity index (χ4v) is 3.06. The molecule has 6 heteroatoms. The molecule has 1 amide bonds. The summed E-state index contributed by atoms with van der Waals surface area (Å²) in [5, 5.41) is -0.0960. The van der Waals surface area contributed by atoms with Gasteiger partial charge < -0.3 is 19.1 Å². The third-order valence-corrected chi connectivity index (χ3v) is 4.75. The van der Waals surface area contributed by atoms with Crippen molar-refractivity contribution < 1.29 is 19.0 Å². The van der Waals surface area contributed by atoms with Crippen LogP contribution in [0.25, 0.3) is 12.2 Å². The van der Waals surface area contributed by atoms with Crippen LogP contribution in [0, 0.1) is 0 Å². The first-order chi connectivity index (χ1) is 12.5. The van der Waals surface area contributed by atoms with Gasteiger partial charge in [-0.05, 0) is 47.2 Å². The zero-order valence-electron chi connectivity index (χ0n) is 15.6. The molecule has 2 rings (SSSR count). The Morgan fingerprint density at radius 3 is 2.08 bits per heavy atom. The van der Waals surface area contributed by atoms with Crippen molar-refractivity contribution in [3.63, 3.8) is 0 Å². The van der Waals surface area contributed by atoms with E-state index < -0.39 is 0 Å². The van der Waals surface area contributed by atoms with Crippen molar-refractivity contribution in [1.29, 1.82) is 0 Å². The Hall–Kier alpha value is -2.60. The quantitative estimate of drug-likeness (QED) is 0.545. The number of methoxy groups -OCH3 is 3. The van der Waals surface area contributed by atoms with E-state index in [1.165, 1.54) is 4.90 Å². The molecule has 0 aliphatic heterocycles. The molecule has 26 heavy (non-hydrogen) atoms. The van der Waals surface area contributed by atoms with Gasteiger partial charge in [-0.2, -0.15) is 0 Å². The molecular weight excluding hydrogens is 350 g/mol. The van der Waals surface area contributed by atoms with E-state index in [1.807, 2.05) is 48.6 Å². The van der Waals surface area contributed by atoms with Crippen molar-refractivity contribution in [2.45, 2.75) is 4.90 Å². The minimum absolute atomic E-state index is 0.0960. The summed E-state index contributed by atoms with van der Waals surface area (Å²) in [5.41, 5.74) is 1.92. The Balaban J connectivity index is 2.35. The summed E-state index contributed by atoms with van der Waals surface area (Å²) < 4.78 is 16.2. The summed E-state index contributed by atoms with van der Waals surface area (Å²) in [5.74, 6) is 1.99.